The maximum Gasteiger partial charge on any atom is 0.0638 e. The molecule has 94 valence electrons. The molecule has 0 spiro atoms. The first-order valence-electron chi connectivity index (χ1n) is 6.70. The molecule has 1 fully saturated rings. The van der Waals surface area contributed by atoms with E-state index in [9.17, 15) is 0 Å². The van der Waals surface area contributed by atoms with Crippen molar-refractivity contribution in [3.05, 3.63) is 24.4 Å². The summed E-state index contributed by atoms with van der Waals surface area (Å²) in [5.74, 6) is 0.877. The highest BCUT2D eigenvalue weighted by molar-refractivity contribution is 7.67. The Kier molecular flexibility index (Phi) is 3.88. The molecular formula is C15H24NP. The molecule has 2 heteroatoms. The summed E-state index contributed by atoms with van der Waals surface area (Å²) in [4.78, 5) is 4.65. The zero-order valence-corrected chi connectivity index (χ0v) is 12.4. The molecular weight excluding hydrogens is 225 g/mol. The lowest BCUT2D eigenvalue weighted by atomic mass is 10.1. The summed E-state index contributed by atoms with van der Waals surface area (Å²) in [5, 5.41) is 0.368. The largest absolute Gasteiger partial charge is 0.257 e. The molecule has 0 bridgehead atoms. The molecule has 0 saturated heterocycles. The number of hydrogen-bond donors (Lipinski definition) is 0. The van der Waals surface area contributed by atoms with Crippen molar-refractivity contribution in [1.29, 1.82) is 0 Å². The van der Waals surface area contributed by atoms with E-state index in [4.69, 9.17) is 0 Å². The van der Waals surface area contributed by atoms with E-state index >= 15 is 0 Å². The summed E-state index contributed by atoms with van der Waals surface area (Å²) in [7, 11) is -0.148. The fourth-order valence-corrected chi connectivity index (χ4v) is 6.58. The van der Waals surface area contributed by atoms with E-state index in [2.05, 4.69) is 44.8 Å². The van der Waals surface area contributed by atoms with E-state index in [1.807, 2.05) is 12.3 Å². The van der Waals surface area contributed by atoms with Crippen molar-refractivity contribution < 1.29 is 0 Å². The molecule has 17 heavy (non-hydrogen) atoms. The van der Waals surface area contributed by atoms with Crippen LogP contribution in [0.4, 0.5) is 0 Å². The van der Waals surface area contributed by atoms with E-state index in [1.165, 1.54) is 24.7 Å². The molecule has 3 atom stereocenters. The van der Waals surface area contributed by atoms with Crippen molar-refractivity contribution in [3.63, 3.8) is 0 Å². The minimum Gasteiger partial charge on any atom is -0.257 e. The molecule has 1 saturated carbocycles. The first-order valence-corrected chi connectivity index (χ1v) is 8.11. The summed E-state index contributed by atoms with van der Waals surface area (Å²) in [5.41, 5.74) is 2.23. The minimum atomic E-state index is -0.148. The van der Waals surface area contributed by atoms with Crippen molar-refractivity contribution in [2.45, 2.75) is 57.8 Å². The van der Waals surface area contributed by atoms with Crippen LogP contribution >= 0.6 is 7.92 Å². The van der Waals surface area contributed by atoms with Crippen LogP contribution in [0.1, 0.15) is 47.0 Å². The van der Waals surface area contributed by atoms with Crippen LogP contribution in [0.15, 0.2) is 24.4 Å². The molecule has 1 aliphatic rings. The van der Waals surface area contributed by atoms with Crippen LogP contribution in [-0.2, 0) is 0 Å². The van der Waals surface area contributed by atoms with Gasteiger partial charge >= 0.3 is 0 Å². The zero-order chi connectivity index (χ0) is 12.5. The molecule has 3 unspecified atom stereocenters. The Morgan fingerprint density at radius 1 is 1.24 bits per heavy atom. The highest BCUT2D eigenvalue weighted by atomic mass is 31.1. The second-order valence-corrected chi connectivity index (χ2v) is 9.41. The molecule has 0 amide bonds. The number of nitrogens with zero attached hydrogens (tertiary/aromatic N) is 1. The molecule has 0 aliphatic heterocycles. The van der Waals surface area contributed by atoms with Gasteiger partial charge in [-0.1, -0.05) is 46.6 Å². The predicted molar refractivity (Wildman–Crippen MR) is 77.3 cm³/mol. The third-order valence-corrected chi connectivity index (χ3v) is 7.40. The number of rotatable bonds is 2. The van der Waals surface area contributed by atoms with Gasteiger partial charge in [-0.25, -0.2) is 0 Å². The topological polar surface area (TPSA) is 12.9 Å². The smallest absolute Gasteiger partial charge is 0.0638 e. The van der Waals surface area contributed by atoms with Gasteiger partial charge in [-0.2, -0.15) is 0 Å². The second kappa shape index (κ2) is 5.06. The first kappa shape index (κ1) is 13.0. The average molecular weight is 249 g/mol. The van der Waals surface area contributed by atoms with Gasteiger partial charge in [0.15, 0.2) is 0 Å². The first-order chi connectivity index (χ1) is 8.00. The van der Waals surface area contributed by atoms with Gasteiger partial charge < -0.3 is 0 Å². The van der Waals surface area contributed by atoms with Gasteiger partial charge in [0, 0.05) is 6.20 Å². The summed E-state index contributed by atoms with van der Waals surface area (Å²) in [6, 6.07) is 6.41. The van der Waals surface area contributed by atoms with Gasteiger partial charge in [-0.15, -0.1) is 0 Å². The normalized spacial score (nSPS) is 27.1. The Labute approximate surface area is 107 Å². The lowest BCUT2D eigenvalue weighted by molar-refractivity contribution is 0.609. The third-order valence-electron chi connectivity index (χ3n) is 3.77. The van der Waals surface area contributed by atoms with Crippen LogP contribution in [0.25, 0.3) is 0 Å². The summed E-state index contributed by atoms with van der Waals surface area (Å²) < 4.78 is 0. The highest BCUT2D eigenvalue weighted by Crippen LogP contribution is 2.58. The maximum absolute atomic E-state index is 4.65. The standard InChI is InChI=1S/C15H24NP/c1-12-8-7-9-13(12)17(15(2,3)4)14-10-5-6-11-16-14/h5-6,10-13H,7-9H2,1-4H3. The Balaban J connectivity index is 2.32. The molecule has 1 aromatic rings. The van der Waals surface area contributed by atoms with Crippen molar-refractivity contribution in [2.24, 2.45) is 5.92 Å². The Morgan fingerprint density at radius 3 is 2.47 bits per heavy atom. The molecule has 1 aliphatic carbocycles. The van der Waals surface area contributed by atoms with Crippen LogP contribution in [0.2, 0.25) is 0 Å². The number of hydrogen-bond acceptors (Lipinski definition) is 1. The molecule has 0 aromatic carbocycles. The number of pyridine rings is 1. The molecule has 2 rings (SSSR count). The monoisotopic (exact) mass is 249 g/mol. The second-order valence-electron chi connectivity index (χ2n) is 6.20. The molecule has 1 aromatic heterocycles. The molecule has 0 radical (unpaired) electrons. The molecule has 0 N–H and O–H groups in total. The van der Waals surface area contributed by atoms with Gasteiger partial charge in [0.25, 0.3) is 0 Å². The average Bonchev–Trinajstić information content (AvgIpc) is 2.65. The molecule has 1 heterocycles. The van der Waals surface area contributed by atoms with Gasteiger partial charge in [0.1, 0.15) is 0 Å². The number of aromatic nitrogens is 1. The van der Waals surface area contributed by atoms with Crippen LogP contribution in [0, 0.1) is 5.92 Å². The van der Waals surface area contributed by atoms with E-state index < -0.39 is 0 Å². The van der Waals surface area contributed by atoms with E-state index in [0.29, 0.717) is 5.16 Å². The predicted octanol–water partition coefficient (Wildman–Crippen LogP) is 4.18. The third kappa shape index (κ3) is 2.88. The Hall–Kier alpha value is -0.420. The lowest BCUT2D eigenvalue weighted by Crippen LogP contribution is -2.29. The summed E-state index contributed by atoms with van der Waals surface area (Å²) in [6.45, 7) is 9.59. The van der Waals surface area contributed by atoms with Crippen LogP contribution in [0.5, 0.6) is 0 Å². The van der Waals surface area contributed by atoms with Crippen molar-refractivity contribution in [1.82, 2.24) is 4.98 Å². The van der Waals surface area contributed by atoms with Gasteiger partial charge in [0.2, 0.25) is 0 Å². The quantitative estimate of drug-likeness (QED) is 0.717. The van der Waals surface area contributed by atoms with E-state index in [0.717, 1.165) is 11.6 Å². The van der Waals surface area contributed by atoms with E-state index in [-0.39, 0.29) is 7.92 Å². The summed E-state index contributed by atoms with van der Waals surface area (Å²) >= 11 is 0. The van der Waals surface area contributed by atoms with Crippen LogP contribution < -0.4 is 5.44 Å². The van der Waals surface area contributed by atoms with Crippen molar-refractivity contribution in [2.75, 3.05) is 0 Å². The maximum atomic E-state index is 4.65. The fourth-order valence-electron chi connectivity index (χ4n) is 3.02. The van der Waals surface area contributed by atoms with Crippen LogP contribution in [-0.4, -0.2) is 15.8 Å². The minimum absolute atomic E-state index is 0.148. The van der Waals surface area contributed by atoms with Gasteiger partial charge in [0.05, 0.1) is 5.44 Å². The Bertz CT molecular complexity index is 355. The molecule has 1 nitrogen and oxygen atoms in total. The Morgan fingerprint density at radius 2 is 2.00 bits per heavy atom. The lowest BCUT2D eigenvalue weighted by Gasteiger charge is -2.37. The summed E-state index contributed by atoms with van der Waals surface area (Å²) in [6.07, 6.45) is 6.18. The SMILES string of the molecule is CC1CCCC1P(c1ccccn1)C(C)(C)C. The van der Waals surface area contributed by atoms with Crippen molar-refractivity contribution >= 4 is 13.4 Å². The van der Waals surface area contributed by atoms with Gasteiger partial charge in [-0.3, -0.25) is 4.98 Å². The zero-order valence-electron chi connectivity index (χ0n) is 11.5. The van der Waals surface area contributed by atoms with Gasteiger partial charge in [-0.05, 0) is 43.2 Å². The highest BCUT2D eigenvalue weighted by Gasteiger charge is 2.38. The van der Waals surface area contributed by atoms with E-state index in [1.54, 1.807) is 0 Å². The van der Waals surface area contributed by atoms with Crippen molar-refractivity contribution in [3.8, 4) is 0 Å². The fraction of sp³-hybridized carbons (Fsp3) is 0.667. The van der Waals surface area contributed by atoms with Crippen LogP contribution in [0.3, 0.4) is 0 Å².